The van der Waals surface area contributed by atoms with Gasteiger partial charge in [0.15, 0.2) is 14.9 Å². The van der Waals surface area contributed by atoms with Crippen molar-refractivity contribution in [1.29, 1.82) is 0 Å². The number of benzene rings is 1. The van der Waals surface area contributed by atoms with Crippen molar-refractivity contribution in [3.8, 4) is 17.2 Å². The van der Waals surface area contributed by atoms with E-state index in [0.29, 0.717) is 37.6 Å². The lowest BCUT2D eigenvalue weighted by Crippen LogP contribution is -2.26. The Bertz CT molecular complexity index is 923. The third-order valence-corrected chi connectivity index (χ3v) is 4.92. The maximum absolute atomic E-state index is 11.4. The van der Waals surface area contributed by atoms with Crippen LogP contribution in [0.3, 0.4) is 0 Å². The zero-order valence-corrected chi connectivity index (χ0v) is 15.3. The van der Waals surface area contributed by atoms with Crippen LogP contribution >= 0.6 is 0 Å². The van der Waals surface area contributed by atoms with Crippen LogP contribution in [0.5, 0.6) is 17.2 Å². The van der Waals surface area contributed by atoms with E-state index in [4.69, 9.17) is 14.2 Å². The van der Waals surface area contributed by atoms with Crippen molar-refractivity contribution in [2.75, 3.05) is 19.5 Å². The molecule has 9 nitrogen and oxygen atoms in total. The second kappa shape index (κ2) is 7.89. The fourth-order valence-electron chi connectivity index (χ4n) is 2.56. The molecule has 144 valence electrons. The summed E-state index contributed by atoms with van der Waals surface area (Å²) in [7, 11) is -3.40. The lowest BCUT2D eigenvalue weighted by molar-refractivity contribution is -0.386. The van der Waals surface area contributed by atoms with E-state index in [1.807, 2.05) is 0 Å². The fourth-order valence-corrected chi connectivity index (χ4v) is 3.12. The van der Waals surface area contributed by atoms with E-state index in [1.54, 1.807) is 0 Å². The summed E-state index contributed by atoms with van der Waals surface area (Å²) in [6.45, 7) is 1.10. The van der Waals surface area contributed by atoms with Crippen molar-refractivity contribution in [3.63, 3.8) is 0 Å². The van der Waals surface area contributed by atoms with E-state index in [0.717, 1.165) is 6.26 Å². The van der Waals surface area contributed by atoms with Crippen LogP contribution < -0.4 is 9.47 Å². The Hall–Kier alpha value is -2.72. The van der Waals surface area contributed by atoms with Crippen molar-refractivity contribution in [3.05, 3.63) is 46.6 Å². The number of ether oxygens (including phenoxy) is 3. The number of nitro benzene ring substituents is 1. The van der Waals surface area contributed by atoms with Gasteiger partial charge in [0.05, 0.1) is 24.3 Å². The zero-order chi connectivity index (χ0) is 19.4. The van der Waals surface area contributed by atoms with Crippen LogP contribution in [0, 0.1) is 10.1 Å². The first kappa shape index (κ1) is 19.1. The number of pyridine rings is 1. The molecule has 27 heavy (non-hydrogen) atoms. The lowest BCUT2D eigenvalue weighted by Gasteiger charge is -2.23. The second-order valence-corrected chi connectivity index (χ2v) is 7.99. The van der Waals surface area contributed by atoms with Gasteiger partial charge in [-0.2, -0.15) is 0 Å². The van der Waals surface area contributed by atoms with E-state index in [-0.39, 0.29) is 22.6 Å². The number of aromatic nitrogens is 1. The molecule has 0 aliphatic carbocycles. The number of hydrogen-bond donors (Lipinski definition) is 0. The van der Waals surface area contributed by atoms with Gasteiger partial charge in [-0.05, 0) is 18.2 Å². The first-order valence-corrected chi connectivity index (χ1v) is 10.1. The smallest absolute Gasteiger partial charge is 0.311 e. The molecule has 2 heterocycles. The largest absolute Gasteiger partial charge is 0.483 e. The quantitative estimate of drug-likeness (QED) is 0.542. The van der Waals surface area contributed by atoms with Crippen molar-refractivity contribution < 1.29 is 27.6 Å². The van der Waals surface area contributed by atoms with Crippen molar-refractivity contribution >= 4 is 15.5 Å². The topological polar surface area (TPSA) is 118 Å². The summed E-state index contributed by atoms with van der Waals surface area (Å²) >= 11 is 0. The van der Waals surface area contributed by atoms with Crippen molar-refractivity contribution in [2.45, 2.75) is 24.0 Å². The first-order chi connectivity index (χ1) is 12.8. The van der Waals surface area contributed by atoms with Crippen LogP contribution in [0.25, 0.3) is 0 Å². The molecule has 0 atom stereocenters. The number of hydrogen-bond acceptors (Lipinski definition) is 8. The van der Waals surface area contributed by atoms with Crippen LogP contribution in [0.2, 0.25) is 0 Å². The van der Waals surface area contributed by atoms with E-state index < -0.39 is 14.8 Å². The Balaban J connectivity index is 1.81. The molecular weight excluding hydrogens is 376 g/mol. The Morgan fingerprint density at radius 3 is 2.48 bits per heavy atom. The summed E-state index contributed by atoms with van der Waals surface area (Å²) in [6, 6.07) is 6.99. The average molecular weight is 394 g/mol. The summed E-state index contributed by atoms with van der Waals surface area (Å²) in [4.78, 5) is 14.6. The highest BCUT2D eigenvalue weighted by atomic mass is 32.2. The van der Waals surface area contributed by atoms with Gasteiger partial charge in [-0.3, -0.25) is 10.1 Å². The van der Waals surface area contributed by atoms with Gasteiger partial charge >= 0.3 is 5.69 Å². The Morgan fingerprint density at radius 1 is 1.19 bits per heavy atom. The van der Waals surface area contributed by atoms with Gasteiger partial charge in [-0.25, -0.2) is 13.4 Å². The molecule has 0 saturated carbocycles. The van der Waals surface area contributed by atoms with Gasteiger partial charge in [0.25, 0.3) is 0 Å². The minimum Gasteiger partial charge on any atom is -0.483 e. The molecule has 1 aromatic heterocycles. The van der Waals surface area contributed by atoms with Crippen molar-refractivity contribution in [1.82, 2.24) is 4.98 Å². The molecule has 3 rings (SSSR count). The van der Waals surface area contributed by atoms with Crippen LogP contribution in [-0.2, 0) is 14.6 Å². The van der Waals surface area contributed by atoms with Gasteiger partial charge < -0.3 is 14.2 Å². The molecule has 1 aromatic carbocycles. The number of nitrogens with zero attached hydrogens (tertiary/aromatic N) is 2. The molecular formula is C17H18N2O7S. The molecule has 0 amide bonds. The Morgan fingerprint density at radius 2 is 1.89 bits per heavy atom. The van der Waals surface area contributed by atoms with E-state index >= 15 is 0 Å². The fraction of sp³-hybridized carbons (Fsp3) is 0.353. The number of rotatable bonds is 6. The molecule has 0 bridgehead atoms. The van der Waals surface area contributed by atoms with E-state index in [1.165, 1.54) is 36.5 Å². The molecule has 10 heteroatoms. The van der Waals surface area contributed by atoms with Crippen molar-refractivity contribution in [2.24, 2.45) is 0 Å². The maximum atomic E-state index is 11.4. The third-order valence-electron chi connectivity index (χ3n) is 3.91. The molecule has 1 aliphatic rings. The summed E-state index contributed by atoms with van der Waals surface area (Å²) < 4.78 is 39.6. The highest BCUT2D eigenvalue weighted by Crippen LogP contribution is 2.34. The summed E-state index contributed by atoms with van der Waals surface area (Å²) in [5.74, 6) is 0.731. The Labute approximate surface area is 156 Å². The highest BCUT2D eigenvalue weighted by Gasteiger charge is 2.22. The lowest BCUT2D eigenvalue weighted by atomic mass is 10.1. The minimum atomic E-state index is -3.40. The van der Waals surface area contributed by atoms with E-state index in [9.17, 15) is 18.5 Å². The standard InChI is InChI=1S/C17H18N2O7S/c1-27(22,23)17-5-3-14(11-18-17)25-13-2-4-15(19(20)21)16(10-13)26-12-6-8-24-9-7-12/h2-5,10-12H,6-9H2,1H3. The summed E-state index contributed by atoms with van der Waals surface area (Å²) in [5.41, 5.74) is -0.153. The van der Waals surface area contributed by atoms with E-state index in [2.05, 4.69) is 4.98 Å². The Kier molecular flexibility index (Phi) is 5.57. The van der Waals surface area contributed by atoms with Gasteiger partial charge in [0, 0.05) is 31.2 Å². The molecule has 2 aromatic rings. The monoisotopic (exact) mass is 394 g/mol. The van der Waals surface area contributed by atoms with Gasteiger partial charge in [0.1, 0.15) is 17.6 Å². The SMILES string of the molecule is CS(=O)(=O)c1ccc(Oc2ccc([N+](=O)[O-])c(OC3CCOCC3)c2)cn1. The predicted octanol–water partition coefficient (Wildman–Crippen LogP) is 2.74. The van der Waals surface area contributed by atoms with Crippen LogP contribution in [-0.4, -0.2) is 43.9 Å². The predicted molar refractivity (Wildman–Crippen MR) is 95.0 cm³/mol. The third kappa shape index (κ3) is 4.92. The van der Waals surface area contributed by atoms with Crippen LogP contribution in [0.1, 0.15) is 12.8 Å². The van der Waals surface area contributed by atoms with Crippen LogP contribution in [0.15, 0.2) is 41.6 Å². The maximum Gasteiger partial charge on any atom is 0.311 e. The van der Waals surface area contributed by atoms with Gasteiger partial charge in [0.2, 0.25) is 5.75 Å². The van der Waals surface area contributed by atoms with Gasteiger partial charge in [-0.15, -0.1) is 0 Å². The summed E-state index contributed by atoms with van der Waals surface area (Å²) in [6.07, 6.45) is 3.48. The molecule has 0 radical (unpaired) electrons. The highest BCUT2D eigenvalue weighted by molar-refractivity contribution is 7.90. The molecule has 0 spiro atoms. The average Bonchev–Trinajstić information content (AvgIpc) is 2.62. The van der Waals surface area contributed by atoms with Crippen LogP contribution in [0.4, 0.5) is 5.69 Å². The number of sulfone groups is 1. The minimum absolute atomic E-state index is 0.0675. The van der Waals surface area contributed by atoms with Gasteiger partial charge in [-0.1, -0.05) is 0 Å². The second-order valence-electron chi connectivity index (χ2n) is 6.02. The zero-order valence-electron chi connectivity index (χ0n) is 14.5. The molecule has 1 aliphatic heterocycles. The molecule has 0 N–H and O–H groups in total. The summed E-state index contributed by atoms with van der Waals surface area (Å²) in [5, 5.41) is 11.2. The number of nitro groups is 1. The first-order valence-electron chi connectivity index (χ1n) is 8.20. The molecule has 0 unspecified atom stereocenters. The molecule has 1 fully saturated rings. The normalized spacial score (nSPS) is 15.3. The molecule has 1 saturated heterocycles.